The first-order valence-electron chi connectivity index (χ1n) is 5.91. The molecule has 0 amide bonds. The standard InChI is InChI=1S/C12H22N4OS/c1-8(18(5)17)7-14-10-6-9(13)15-11(16-10)12(2,3)4/h6,8H,7H2,1-5H3,(H3,13,14,15,16). The molecule has 5 nitrogen and oxygen atoms in total. The lowest BCUT2D eigenvalue weighted by molar-refractivity contribution is 0.547. The van der Waals surface area contributed by atoms with Crippen LogP contribution in [-0.2, 0) is 16.2 Å². The van der Waals surface area contributed by atoms with Crippen molar-refractivity contribution in [3.63, 3.8) is 0 Å². The van der Waals surface area contributed by atoms with Gasteiger partial charge in [-0.3, -0.25) is 4.21 Å². The topological polar surface area (TPSA) is 80.9 Å². The molecule has 1 aromatic heterocycles. The van der Waals surface area contributed by atoms with Gasteiger partial charge >= 0.3 is 0 Å². The Morgan fingerprint density at radius 3 is 2.56 bits per heavy atom. The van der Waals surface area contributed by atoms with Crippen LogP contribution in [0.4, 0.5) is 11.6 Å². The molecular weight excluding hydrogens is 248 g/mol. The zero-order valence-corrected chi connectivity index (χ0v) is 12.5. The Balaban J connectivity index is 2.84. The predicted molar refractivity (Wildman–Crippen MR) is 77.2 cm³/mol. The molecule has 102 valence electrons. The minimum absolute atomic E-state index is 0.0688. The summed E-state index contributed by atoms with van der Waals surface area (Å²) < 4.78 is 11.3. The first-order chi connectivity index (χ1) is 8.20. The van der Waals surface area contributed by atoms with E-state index in [4.69, 9.17) is 5.73 Å². The van der Waals surface area contributed by atoms with Crippen LogP contribution in [0.5, 0.6) is 0 Å². The van der Waals surface area contributed by atoms with Crippen molar-refractivity contribution in [2.24, 2.45) is 0 Å². The number of nitrogens with zero attached hydrogens (tertiary/aromatic N) is 2. The molecule has 2 atom stereocenters. The predicted octanol–water partition coefficient (Wildman–Crippen LogP) is 1.54. The van der Waals surface area contributed by atoms with Gasteiger partial charge in [0, 0.05) is 40.3 Å². The highest BCUT2D eigenvalue weighted by atomic mass is 32.2. The second kappa shape index (κ2) is 5.65. The molecule has 6 heteroatoms. The molecule has 1 heterocycles. The van der Waals surface area contributed by atoms with Gasteiger partial charge in [-0.05, 0) is 6.92 Å². The van der Waals surface area contributed by atoms with Crippen molar-refractivity contribution in [2.45, 2.75) is 38.4 Å². The van der Waals surface area contributed by atoms with E-state index in [0.29, 0.717) is 24.0 Å². The van der Waals surface area contributed by atoms with Crippen molar-refractivity contribution in [3.05, 3.63) is 11.9 Å². The molecule has 0 bridgehead atoms. The average Bonchev–Trinajstić information content (AvgIpc) is 2.23. The van der Waals surface area contributed by atoms with Crippen LogP contribution < -0.4 is 11.1 Å². The van der Waals surface area contributed by atoms with Gasteiger partial charge in [-0.1, -0.05) is 20.8 Å². The van der Waals surface area contributed by atoms with Crippen LogP contribution >= 0.6 is 0 Å². The van der Waals surface area contributed by atoms with E-state index in [1.54, 1.807) is 12.3 Å². The monoisotopic (exact) mass is 270 g/mol. The summed E-state index contributed by atoms with van der Waals surface area (Å²) in [6, 6.07) is 1.69. The van der Waals surface area contributed by atoms with Gasteiger partial charge in [0.1, 0.15) is 17.5 Å². The summed E-state index contributed by atoms with van der Waals surface area (Å²) in [4.78, 5) is 8.67. The molecule has 0 aromatic carbocycles. The van der Waals surface area contributed by atoms with Gasteiger partial charge in [0.15, 0.2) is 0 Å². The van der Waals surface area contributed by atoms with Crippen LogP contribution in [0.2, 0.25) is 0 Å². The van der Waals surface area contributed by atoms with Crippen molar-refractivity contribution in [1.82, 2.24) is 9.97 Å². The maximum absolute atomic E-state index is 11.3. The fourth-order valence-electron chi connectivity index (χ4n) is 1.26. The first-order valence-corrected chi connectivity index (χ1v) is 7.53. The minimum Gasteiger partial charge on any atom is -0.384 e. The van der Waals surface area contributed by atoms with Crippen LogP contribution in [0, 0.1) is 0 Å². The van der Waals surface area contributed by atoms with E-state index in [1.165, 1.54) is 0 Å². The molecule has 0 saturated carbocycles. The number of hydrogen-bond donors (Lipinski definition) is 2. The van der Waals surface area contributed by atoms with E-state index in [-0.39, 0.29) is 10.7 Å². The zero-order chi connectivity index (χ0) is 13.9. The molecule has 0 radical (unpaired) electrons. The molecule has 0 aliphatic rings. The summed E-state index contributed by atoms with van der Waals surface area (Å²) in [5.74, 6) is 1.84. The Hall–Kier alpha value is -1.17. The molecule has 1 aromatic rings. The van der Waals surface area contributed by atoms with Gasteiger partial charge in [0.2, 0.25) is 0 Å². The molecular formula is C12H22N4OS. The van der Waals surface area contributed by atoms with Crippen molar-refractivity contribution in [1.29, 1.82) is 0 Å². The molecule has 18 heavy (non-hydrogen) atoms. The number of aromatic nitrogens is 2. The smallest absolute Gasteiger partial charge is 0.138 e. The zero-order valence-electron chi connectivity index (χ0n) is 11.7. The summed E-state index contributed by atoms with van der Waals surface area (Å²) in [6.07, 6.45) is 1.70. The van der Waals surface area contributed by atoms with Crippen molar-refractivity contribution in [2.75, 3.05) is 23.9 Å². The fourth-order valence-corrected chi connectivity index (χ4v) is 1.58. The maximum Gasteiger partial charge on any atom is 0.138 e. The molecule has 2 unspecified atom stereocenters. The van der Waals surface area contributed by atoms with Crippen LogP contribution in [0.15, 0.2) is 6.07 Å². The normalized spacial score (nSPS) is 15.2. The van der Waals surface area contributed by atoms with E-state index in [0.717, 1.165) is 0 Å². The summed E-state index contributed by atoms with van der Waals surface area (Å²) in [6.45, 7) is 8.64. The van der Waals surface area contributed by atoms with E-state index in [2.05, 4.69) is 15.3 Å². The number of anilines is 2. The largest absolute Gasteiger partial charge is 0.384 e. The highest BCUT2D eigenvalue weighted by Gasteiger charge is 2.18. The molecule has 3 N–H and O–H groups in total. The molecule has 1 rings (SSSR count). The van der Waals surface area contributed by atoms with Crippen LogP contribution in [-0.4, -0.2) is 32.2 Å². The van der Waals surface area contributed by atoms with E-state index >= 15 is 0 Å². The second-order valence-electron chi connectivity index (χ2n) is 5.44. The Kier molecular flexibility index (Phi) is 4.67. The first kappa shape index (κ1) is 14.9. The van der Waals surface area contributed by atoms with E-state index in [9.17, 15) is 4.21 Å². The average molecular weight is 270 g/mol. The van der Waals surface area contributed by atoms with Crippen LogP contribution in [0.1, 0.15) is 33.5 Å². The Morgan fingerprint density at radius 2 is 2.06 bits per heavy atom. The Morgan fingerprint density at radius 1 is 1.44 bits per heavy atom. The molecule has 0 aliphatic carbocycles. The highest BCUT2D eigenvalue weighted by Crippen LogP contribution is 2.21. The third-order valence-corrected chi connectivity index (χ3v) is 3.85. The SMILES string of the molecule is CC(CNc1cc(N)nc(C(C)(C)C)n1)S(C)=O. The summed E-state index contributed by atoms with van der Waals surface area (Å²) >= 11 is 0. The van der Waals surface area contributed by atoms with E-state index < -0.39 is 10.8 Å². The van der Waals surface area contributed by atoms with Crippen molar-refractivity contribution >= 4 is 22.4 Å². The summed E-state index contributed by atoms with van der Waals surface area (Å²) in [5, 5.41) is 3.22. The lowest BCUT2D eigenvalue weighted by atomic mass is 9.96. The lowest BCUT2D eigenvalue weighted by Crippen LogP contribution is -2.23. The fraction of sp³-hybridized carbons (Fsp3) is 0.667. The highest BCUT2D eigenvalue weighted by molar-refractivity contribution is 7.84. The third kappa shape index (κ3) is 4.25. The maximum atomic E-state index is 11.3. The third-order valence-electron chi connectivity index (χ3n) is 2.55. The summed E-state index contributed by atoms with van der Waals surface area (Å²) in [7, 11) is -0.849. The second-order valence-corrected chi connectivity index (χ2v) is 7.24. The van der Waals surface area contributed by atoms with Crippen molar-refractivity contribution < 1.29 is 4.21 Å². The summed E-state index contributed by atoms with van der Waals surface area (Å²) in [5.41, 5.74) is 5.62. The Labute approximate surface area is 111 Å². The van der Waals surface area contributed by atoms with Gasteiger partial charge in [0.05, 0.1) is 0 Å². The molecule has 0 fully saturated rings. The molecule has 0 spiro atoms. The van der Waals surface area contributed by atoms with Gasteiger partial charge in [-0.25, -0.2) is 9.97 Å². The molecule has 0 aliphatic heterocycles. The number of nitrogens with two attached hydrogens (primary N) is 1. The Bertz CT molecular complexity index is 442. The minimum atomic E-state index is -0.849. The van der Waals surface area contributed by atoms with Crippen LogP contribution in [0.25, 0.3) is 0 Å². The van der Waals surface area contributed by atoms with Crippen molar-refractivity contribution in [3.8, 4) is 0 Å². The van der Waals surface area contributed by atoms with Gasteiger partial charge < -0.3 is 11.1 Å². The van der Waals surface area contributed by atoms with Crippen LogP contribution in [0.3, 0.4) is 0 Å². The molecule has 0 saturated heterocycles. The number of hydrogen-bond acceptors (Lipinski definition) is 5. The number of nitrogens with one attached hydrogen (secondary N) is 1. The number of nitrogen functional groups attached to an aromatic ring is 1. The lowest BCUT2D eigenvalue weighted by Gasteiger charge is -2.18. The van der Waals surface area contributed by atoms with Gasteiger partial charge in [-0.2, -0.15) is 0 Å². The van der Waals surface area contributed by atoms with Gasteiger partial charge in [0.25, 0.3) is 0 Å². The number of rotatable bonds is 4. The quantitative estimate of drug-likeness (QED) is 0.867. The van der Waals surface area contributed by atoms with E-state index in [1.807, 2.05) is 27.7 Å². The van der Waals surface area contributed by atoms with Gasteiger partial charge in [-0.15, -0.1) is 0 Å².